The maximum absolute atomic E-state index is 6.61. The third kappa shape index (κ3) is 3.72. The van der Waals surface area contributed by atoms with Gasteiger partial charge < -0.3 is 4.42 Å². The van der Waals surface area contributed by atoms with E-state index in [1.54, 1.807) is 0 Å². The molecule has 0 fully saturated rings. The third-order valence-corrected chi connectivity index (χ3v) is 8.62. The molecule has 0 spiro atoms. The lowest BCUT2D eigenvalue weighted by molar-refractivity contribution is 0.658. The Bertz CT molecular complexity index is 2180. The molecule has 1 atom stereocenters. The first-order valence-corrected chi connectivity index (χ1v) is 14.5. The lowest BCUT2D eigenvalue weighted by atomic mass is 9.86. The largest absolute Gasteiger partial charge is 0.455 e. The number of hydrogen-bond acceptors (Lipinski definition) is 3. The molecule has 5 aromatic carbocycles. The number of aromatic nitrogens is 2. The first-order chi connectivity index (χ1) is 20.1. The molecule has 198 valence electrons. The molecular weight excluding hydrogens is 500 g/mol. The van der Waals surface area contributed by atoms with Crippen molar-refractivity contribution in [3.8, 4) is 22.4 Å². The molecule has 0 amide bonds. The van der Waals surface area contributed by atoms with Gasteiger partial charge in [0.2, 0.25) is 0 Å². The van der Waals surface area contributed by atoms with Crippen LogP contribution in [0.25, 0.3) is 72.2 Å². The van der Waals surface area contributed by atoms with Gasteiger partial charge in [0.15, 0.2) is 0 Å². The fraction of sp³-hybridized carbons (Fsp3) is 0.158. The van der Waals surface area contributed by atoms with Crippen LogP contribution >= 0.6 is 0 Å². The van der Waals surface area contributed by atoms with Crippen LogP contribution in [0.1, 0.15) is 43.4 Å². The molecular formula is C38H30N2O. The van der Waals surface area contributed by atoms with Crippen molar-refractivity contribution in [1.82, 2.24) is 9.97 Å². The highest BCUT2D eigenvalue weighted by molar-refractivity contribution is 6.11. The maximum Gasteiger partial charge on any atom is 0.143 e. The molecule has 0 saturated carbocycles. The number of para-hydroxylation sites is 2. The predicted molar refractivity (Wildman–Crippen MR) is 171 cm³/mol. The van der Waals surface area contributed by atoms with E-state index in [9.17, 15) is 0 Å². The molecule has 0 N–H and O–H groups in total. The van der Waals surface area contributed by atoms with Crippen molar-refractivity contribution >= 4 is 49.8 Å². The molecule has 1 unspecified atom stereocenters. The normalized spacial score (nSPS) is 15.0. The summed E-state index contributed by atoms with van der Waals surface area (Å²) in [7, 11) is 0. The van der Waals surface area contributed by atoms with Crippen LogP contribution in [-0.2, 0) is 6.42 Å². The van der Waals surface area contributed by atoms with Crippen molar-refractivity contribution in [2.45, 2.75) is 33.1 Å². The standard InChI is InChI=1S/C38H30N2O/c1-22(2)26-13-7-15-31-32-16-8-14-27(38(32)41-37(26)31)24-9-6-10-25(20-24)34-21-39-35-30-12-5-4-11-28(30)29-18-17-23(3)19-33(29)36(35)40-34/h4-18,20-23H,19H2,1-3H3. The Morgan fingerprint density at radius 1 is 0.756 bits per heavy atom. The van der Waals surface area contributed by atoms with Crippen LogP contribution in [0.3, 0.4) is 0 Å². The van der Waals surface area contributed by atoms with Gasteiger partial charge in [-0.3, -0.25) is 4.98 Å². The van der Waals surface area contributed by atoms with Crippen LogP contribution in [0, 0.1) is 5.92 Å². The highest BCUT2D eigenvalue weighted by Gasteiger charge is 2.20. The molecule has 2 aromatic heterocycles. The lowest BCUT2D eigenvalue weighted by Gasteiger charge is -2.20. The number of rotatable bonds is 3. The quantitative estimate of drug-likeness (QED) is 0.213. The summed E-state index contributed by atoms with van der Waals surface area (Å²) >= 11 is 0. The SMILES string of the molecule is CC1C=Cc2c(c3nc(-c4cccc(-c5cccc6c5oc5c(C(C)C)cccc56)c4)cnc3c3ccccc23)C1. The Kier molecular flexibility index (Phi) is 5.36. The van der Waals surface area contributed by atoms with Gasteiger partial charge in [-0.2, -0.15) is 0 Å². The zero-order chi connectivity index (χ0) is 27.7. The smallest absolute Gasteiger partial charge is 0.143 e. The van der Waals surface area contributed by atoms with E-state index in [1.165, 1.54) is 27.5 Å². The first kappa shape index (κ1) is 24.1. The monoisotopic (exact) mass is 530 g/mol. The van der Waals surface area contributed by atoms with Crippen LogP contribution in [-0.4, -0.2) is 9.97 Å². The summed E-state index contributed by atoms with van der Waals surface area (Å²) in [4.78, 5) is 10.3. The van der Waals surface area contributed by atoms with Crippen molar-refractivity contribution in [2.24, 2.45) is 5.92 Å². The van der Waals surface area contributed by atoms with Gasteiger partial charge in [0.1, 0.15) is 11.2 Å². The average molecular weight is 531 g/mol. The number of allylic oxidation sites excluding steroid dienone is 1. The number of benzene rings is 5. The first-order valence-electron chi connectivity index (χ1n) is 14.5. The Hall–Kier alpha value is -4.76. The van der Waals surface area contributed by atoms with Gasteiger partial charge in [-0.05, 0) is 52.0 Å². The second kappa shape index (κ2) is 9.14. The Labute approximate surface area is 239 Å². The van der Waals surface area contributed by atoms with Crippen LogP contribution in [0.2, 0.25) is 0 Å². The molecule has 0 radical (unpaired) electrons. The third-order valence-electron chi connectivity index (χ3n) is 8.62. The predicted octanol–water partition coefficient (Wildman–Crippen LogP) is 10.3. The molecule has 0 saturated heterocycles. The maximum atomic E-state index is 6.61. The van der Waals surface area contributed by atoms with E-state index in [0.717, 1.165) is 61.8 Å². The Morgan fingerprint density at radius 3 is 2.34 bits per heavy atom. The molecule has 1 aliphatic rings. The molecule has 0 bridgehead atoms. The zero-order valence-corrected chi connectivity index (χ0v) is 23.5. The van der Waals surface area contributed by atoms with Gasteiger partial charge in [0.05, 0.1) is 22.9 Å². The van der Waals surface area contributed by atoms with Gasteiger partial charge >= 0.3 is 0 Å². The Morgan fingerprint density at radius 2 is 1.49 bits per heavy atom. The van der Waals surface area contributed by atoms with E-state index in [4.69, 9.17) is 14.4 Å². The Balaban J connectivity index is 1.31. The second-order valence-electron chi connectivity index (χ2n) is 11.7. The van der Waals surface area contributed by atoms with Crippen LogP contribution in [0.15, 0.2) is 102 Å². The van der Waals surface area contributed by atoms with Gasteiger partial charge in [-0.1, -0.05) is 112 Å². The minimum absolute atomic E-state index is 0.388. The van der Waals surface area contributed by atoms with Crippen LogP contribution in [0.5, 0.6) is 0 Å². The molecule has 1 aliphatic carbocycles. The summed E-state index contributed by atoms with van der Waals surface area (Å²) in [5.41, 5.74) is 11.9. The van der Waals surface area contributed by atoms with Crippen molar-refractivity contribution in [2.75, 3.05) is 0 Å². The number of furan rings is 1. The second-order valence-corrected chi connectivity index (χ2v) is 11.7. The van der Waals surface area contributed by atoms with Crippen molar-refractivity contribution in [3.05, 3.63) is 114 Å². The van der Waals surface area contributed by atoms with Crippen molar-refractivity contribution in [1.29, 1.82) is 0 Å². The number of hydrogen-bond donors (Lipinski definition) is 0. The highest BCUT2D eigenvalue weighted by atomic mass is 16.3. The summed E-state index contributed by atoms with van der Waals surface area (Å²) in [6.45, 7) is 6.70. The zero-order valence-electron chi connectivity index (χ0n) is 23.5. The van der Waals surface area contributed by atoms with E-state index < -0.39 is 0 Å². The molecule has 8 rings (SSSR count). The number of fused-ring (bicyclic) bond motifs is 9. The highest BCUT2D eigenvalue weighted by Crippen LogP contribution is 2.40. The topological polar surface area (TPSA) is 38.9 Å². The summed E-state index contributed by atoms with van der Waals surface area (Å²) in [6, 6.07) is 30.1. The van der Waals surface area contributed by atoms with Gasteiger partial charge in [-0.15, -0.1) is 0 Å². The summed E-state index contributed by atoms with van der Waals surface area (Å²) in [5, 5.41) is 4.73. The van der Waals surface area contributed by atoms with E-state index in [-0.39, 0.29) is 0 Å². The summed E-state index contributed by atoms with van der Waals surface area (Å²) < 4.78 is 6.61. The van der Waals surface area contributed by atoms with Gasteiger partial charge in [-0.25, -0.2) is 4.98 Å². The van der Waals surface area contributed by atoms with Gasteiger partial charge in [0.25, 0.3) is 0 Å². The molecule has 41 heavy (non-hydrogen) atoms. The van der Waals surface area contributed by atoms with E-state index in [2.05, 4.69) is 118 Å². The summed E-state index contributed by atoms with van der Waals surface area (Å²) in [5.74, 6) is 0.861. The van der Waals surface area contributed by atoms with E-state index >= 15 is 0 Å². The minimum atomic E-state index is 0.388. The van der Waals surface area contributed by atoms with Crippen molar-refractivity contribution < 1.29 is 4.42 Å². The average Bonchev–Trinajstić information content (AvgIpc) is 3.40. The molecule has 3 nitrogen and oxygen atoms in total. The molecule has 0 aliphatic heterocycles. The van der Waals surface area contributed by atoms with E-state index in [0.29, 0.717) is 11.8 Å². The van der Waals surface area contributed by atoms with Crippen LogP contribution < -0.4 is 0 Å². The molecule has 2 heterocycles. The minimum Gasteiger partial charge on any atom is -0.455 e. The summed E-state index contributed by atoms with van der Waals surface area (Å²) in [6.07, 6.45) is 7.49. The molecule has 3 heteroatoms. The fourth-order valence-corrected chi connectivity index (χ4v) is 6.57. The molecule has 7 aromatic rings. The van der Waals surface area contributed by atoms with Crippen molar-refractivity contribution in [3.63, 3.8) is 0 Å². The fourth-order valence-electron chi connectivity index (χ4n) is 6.57. The lowest BCUT2D eigenvalue weighted by Crippen LogP contribution is -2.07. The van der Waals surface area contributed by atoms with Crippen LogP contribution in [0.4, 0.5) is 0 Å². The number of nitrogens with zero attached hydrogens (tertiary/aromatic N) is 2. The van der Waals surface area contributed by atoms with Gasteiger partial charge in [0, 0.05) is 27.3 Å². The van der Waals surface area contributed by atoms with E-state index in [1.807, 2.05) is 6.20 Å².